The van der Waals surface area contributed by atoms with Crippen molar-refractivity contribution in [2.45, 2.75) is 43.8 Å². The molecule has 0 spiro atoms. The number of carbonyl (C=O) groups is 3. The normalized spacial score (nSPS) is 28.2. The van der Waals surface area contributed by atoms with Crippen molar-refractivity contribution < 1.29 is 23.9 Å². The molecule has 3 aliphatic heterocycles. The first kappa shape index (κ1) is 18.9. The predicted molar refractivity (Wildman–Crippen MR) is 100.0 cm³/mol. The summed E-state index contributed by atoms with van der Waals surface area (Å²) in [6, 6.07) is 5.50. The average molecular weight is 389 g/mol. The van der Waals surface area contributed by atoms with Gasteiger partial charge in [0, 0.05) is 31.7 Å². The first-order valence-corrected chi connectivity index (χ1v) is 9.74. The number of nitrogens with zero attached hydrogens (tertiary/aromatic N) is 2. The SMILES string of the molecule is O=C(O)CN1CC[C@@H](N2CCc3c([C@H]4CCC(=O)NC4=O)cccc32)[C@@H](F)C1. The van der Waals surface area contributed by atoms with Crippen LogP contribution in [0.25, 0.3) is 0 Å². The molecule has 28 heavy (non-hydrogen) atoms. The summed E-state index contributed by atoms with van der Waals surface area (Å²) in [5.41, 5.74) is 2.96. The van der Waals surface area contributed by atoms with E-state index in [4.69, 9.17) is 5.11 Å². The van der Waals surface area contributed by atoms with Gasteiger partial charge in [0.05, 0.1) is 18.5 Å². The number of piperidine rings is 2. The van der Waals surface area contributed by atoms with Crippen LogP contribution in [0, 0.1) is 0 Å². The third-order valence-electron chi connectivity index (χ3n) is 6.06. The van der Waals surface area contributed by atoms with Gasteiger partial charge in [0.25, 0.3) is 0 Å². The Morgan fingerprint density at radius 3 is 2.75 bits per heavy atom. The summed E-state index contributed by atoms with van der Waals surface area (Å²) in [6.07, 6.45) is 1.01. The van der Waals surface area contributed by atoms with Crippen molar-refractivity contribution in [1.82, 2.24) is 10.2 Å². The van der Waals surface area contributed by atoms with Crippen molar-refractivity contribution in [3.8, 4) is 0 Å². The Morgan fingerprint density at radius 2 is 2.04 bits per heavy atom. The molecular formula is C20H24FN3O4. The molecule has 0 unspecified atom stereocenters. The molecule has 3 atom stereocenters. The molecule has 3 aliphatic rings. The van der Waals surface area contributed by atoms with Gasteiger partial charge in [-0.2, -0.15) is 0 Å². The van der Waals surface area contributed by atoms with Gasteiger partial charge in [-0.05, 0) is 36.5 Å². The Morgan fingerprint density at radius 1 is 1.21 bits per heavy atom. The van der Waals surface area contributed by atoms with Crippen molar-refractivity contribution >= 4 is 23.5 Å². The van der Waals surface area contributed by atoms with Crippen LogP contribution < -0.4 is 10.2 Å². The fourth-order valence-corrected chi connectivity index (χ4v) is 4.79. The minimum atomic E-state index is -1.13. The molecule has 2 fully saturated rings. The van der Waals surface area contributed by atoms with Crippen molar-refractivity contribution in [2.75, 3.05) is 31.1 Å². The zero-order valence-electron chi connectivity index (χ0n) is 15.6. The highest BCUT2D eigenvalue weighted by Crippen LogP contribution is 2.39. The number of carboxylic acids is 1. The Bertz CT molecular complexity index is 815. The molecule has 4 rings (SSSR count). The molecule has 0 aromatic heterocycles. The number of hydrogen-bond acceptors (Lipinski definition) is 5. The zero-order valence-corrected chi connectivity index (χ0v) is 15.6. The maximum atomic E-state index is 14.9. The van der Waals surface area contributed by atoms with E-state index in [1.165, 1.54) is 0 Å². The van der Waals surface area contributed by atoms with Gasteiger partial charge in [-0.1, -0.05) is 12.1 Å². The summed E-state index contributed by atoms with van der Waals surface area (Å²) in [5.74, 6) is -1.77. The summed E-state index contributed by atoms with van der Waals surface area (Å²) < 4.78 is 14.9. The van der Waals surface area contributed by atoms with Crippen LogP contribution in [0.4, 0.5) is 10.1 Å². The number of hydrogen-bond donors (Lipinski definition) is 2. The molecular weight excluding hydrogens is 365 g/mol. The van der Waals surface area contributed by atoms with E-state index in [1.807, 2.05) is 18.2 Å². The second-order valence-electron chi connectivity index (χ2n) is 7.79. The molecule has 0 saturated carbocycles. The van der Waals surface area contributed by atoms with Gasteiger partial charge in [-0.25, -0.2) is 4.39 Å². The fraction of sp³-hybridized carbons (Fsp3) is 0.550. The monoisotopic (exact) mass is 389 g/mol. The number of rotatable bonds is 4. The quantitative estimate of drug-likeness (QED) is 0.749. The summed E-state index contributed by atoms with van der Waals surface area (Å²) in [5, 5.41) is 11.3. The van der Waals surface area contributed by atoms with Gasteiger partial charge in [0.15, 0.2) is 0 Å². The fourth-order valence-electron chi connectivity index (χ4n) is 4.79. The molecule has 3 heterocycles. The molecule has 150 valence electrons. The Balaban J connectivity index is 1.53. The molecule has 2 N–H and O–H groups in total. The third kappa shape index (κ3) is 3.48. The minimum absolute atomic E-state index is 0.121. The van der Waals surface area contributed by atoms with E-state index in [1.54, 1.807) is 4.90 Å². The number of alkyl halides is 1. The summed E-state index contributed by atoms with van der Waals surface area (Å²) in [6.45, 7) is 1.22. The molecule has 7 nitrogen and oxygen atoms in total. The largest absolute Gasteiger partial charge is 0.480 e. The van der Waals surface area contributed by atoms with E-state index in [9.17, 15) is 18.8 Å². The number of imide groups is 1. The zero-order chi connectivity index (χ0) is 19.8. The van der Waals surface area contributed by atoms with Crippen LogP contribution in [0.2, 0.25) is 0 Å². The van der Waals surface area contributed by atoms with Gasteiger partial charge in [-0.15, -0.1) is 0 Å². The van der Waals surface area contributed by atoms with Crippen LogP contribution in [0.15, 0.2) is 18.2 Å². The summed E-state index contributed by atoms with van der Waals surface area (Å²) in [7, 11) is 0. The van der Waals surface area contributed by atoms with Crippen LogP contribution >= 0.6 is 0 Å². The van der Waals surface area contributed by atoms with Gasteiger partial charge in [0.2, 0.25) is 11.8 Å². The topological polar surface area (TPSA) is 89.9 Å². The molecule has 8 heteroatoms. The second-order valence-corrected chi connectivity index (χ2v) is 7.79. The lowest BCUT2D eigenvalue weighted by atomic mass is 9.86. The van der Waals surface area contributed by atoms with Crippen LogP contribution in [0.3, 0.4) is 0 Å². The van der Waals surface area contributed by atoms with Crippen molar-refractivity contribution in [3.63, 3.8) is 0 Å². The number of benzene rings is 1. The van der Waals surface area contributed by atoms with Crippen LogP contribution in [0.5, 0.6) is 0 Å². The maximum Gasteiger partial charge on any atom is 0.317 e. The summed E-state index contributed by atoms with van der Waals surface area (Å²) in [4.78, 5) is 38.4. The van der Waals surface area contributed by atoms with Crippen LogP contribution in [0.1, 0.15) is 36.3 Å². The molecule has 1 aromatic carbocycles. The molecule has 2 amide bonds. The Labute approximate surface area is 162 Å². The molecule has 1 aromatic rings. The van der Waals surface area contributed by atoms with Crippen molar-refractivity contribution in [3.05, 3.63) is 29.3 Å². The lowest BCUT2D eigenvalue weighted by Crippen LogP contribution is -2.53. The third-order valence-corrected chi connectivity index (χ3v) is 6.06. The molecule has 0 aliphatic carbocycles. The smallest absolute Gasteiger partial charge is 0.317 e. The lowest BCUT2D eigenvalue weighted by Gasteiger charge is -2.40. The lowest BCUT2D eigenvalue weighted by molar-refractivity contribution is -0.139. The van der Waals surface area contributed by atoms with Gasteiger partial charge in [0.1, 0.15) is 6.17 Å². The first-order chi connectivity index (χ1) is 13.4. The van der Waals surface area contributed by atoms with E-state index >= 15 is 0 Å². The number of aliphatic carboxylic acids is 1. The standard InChI is InChI=1S/C20H24FN3O4/c21-15-10-23(11-19(26)27)8-7-17(15)24-9-6-13-12(2-1-3-16(13)24)14-4-5-18(25)22-20(14)28/h1-3,14-15,17H,4-11H2,(H,26,27)(H,22,25,28)/t14-,15+,17-/m1/s1. The molecule has 2 saturated heterocycles. The van der Waals surface area contributed by atoms with Gasteiger partial charge < -0.3 is 10.0 Å². The maximum absolute atomic E-state index is 14.9. The summed E-state index contributed by atoms with van der Waals surface area (Å²) >= 11 is 0. The van der Waals surface area contributed by atoms with Crippen LogP contribution in [-0.2, 0) is 20.8 Å². The number of nitrogens with one attached hydrogen (secondary N) is 1. The van der Waals surface area contributed by atoms with Gasteiger partial charge in [-0.3, -0.25) is 24.6 Å². The highest BCUT2D eigenvalue weighted by molar-refractivity contribution is 6.01. The van der Waals surface area contributed by atoms with E-state index < -0.39 is 12.1 Å². The second kappa shape index (κ2) is 7.50. The Hall–Kier alpha value is -2.48. The Kier molecular flexibility index (Phi) is 5.05. The number of likely N-dealkylation sites (tertiary alicyclic amines) is 1. The van der Waals surface area contributed by atoms with Gasteiger partial charge >= 0.3 is 5.97 Å². The molecule has 0 radical (unpaired) electrons. The highest BCUT2D eigenvalue weighted by Gasteiger charge is 2.38. The van der Waals surface area contributed by atoms with Crippen LogP contribution in [-0.4, -0.2) is 66.2 Å². The minimum Gasteiger partial charge on any atom is -0.480 e. The number of halogens is 1. The number of fused-ring (bicyclic) bond motifs is 1. The van der Waals surface area contributed by atoms with E-state index in [-0.39, 0.29) is 36.9 Å². The number of carbonyl (C=O) groups excluding carboxylic acids is 2. The number of carboxylic acid groups (broad SMARTS) is 1. The first-order valence-electron chi connectivity index (χ1n) is 9.74. The van der Waals surface area contributed by atoms with Crippen molar-refractivity contribution in [2.24, 2.45) is 0 Å². The number of amides is 2. The van der Waals surface area contributed by atoms with Crippen molar-refractivity contribution in [1.29, 1.82) is 0 Å². The number of anilines is 1. The predicted octanol–water partition coefficient (Wildman–Crippen LogP) is 1.07. The molecule has 0 bridgehead atoms. The van der Waals surface area contributed by atoms with E-state index in [0.717, 1.165) is 23.2 Å². The highest BCUT2D eigenvalue weighted by atomic mass is 19.1. The average Bonchev–Trinajstić information content (AvgIpc) is 3.05. The van der Waals surface area contributed by atoms with E-state index in [0.29, 0.717) is 32.4 Å². The van der Waals surface area contributed by atoms with E-state index in [2.05, 4.69) is 10.2 Å².